The smallest absolute Gasteiger partial charge is 0.0537 e. The maximum atomic E-state index is 10.0. The molecule has 0 amide bonds. The fourth-order valence-electron chi connectivity index (χ4n) is 4.45. The second-order valence-electron chi connectivity index (χ2n) is 7.31. The number of rotatable bonds is 5. The van der Waals surface area contributed by atoms with Crippen LogP contribution in [0.25, 0.3) is 0 Å². The monoisotopic (exact) mass is 287 g/mol. The molecule has 0 bridgehead atoms. The van der Waals surface area contributed by atoms with Crippen LogP contribution in [0.4, 0.5) is 0 Å². The molecule has 116 valence electrons. The number of aliphatic hydroxyl groups is 1. The van der Waals surface area contributed by atoms with E-state index in [9.17, 15) is 5.11 Å². The quantitative estimate of drug-likeness (QED) is 0.894. The van der Waals surface area contributed by atoms with E-state index in [1.165, 1.54) is 50.6 Å². The first-order valence-electron chi connectivity index (χ1n) is 8.63. The van der Waals surface area contributed by atoms with Crippen molar-refractivity contribution in [2.24, 2.45) is 5.92 Å². The highest BCUT2D eigenvalue weighted by molar-refractivity contribution is 5.25. The van der Waals surface area contributed by atoms with Crippen LogP contribution in [0.3, 0.4) is 0 Å². The molecule has 2 unspecified atom stereocenters. The Morgan fingerprint density at radius 1 is 1.10 bits per heavy atom. The molecule has 1 heterocycles. The standard InChI is InChI=1S/C19H29NO/c1-19(15-21,17-10-3-2-4-11-17)14-20-13-7-12-18(20)16-8-5-6-9-16/h2-4,10-11,16,18,21H,5-9,12-15H2,1H3. The lowest BCUT2D eigenvalue weighted by molar-refractivity contribution is 0.115. The summed E-state index contributed by atoms with van der Waals surface area (Å²) in [6.07, 6.45) is 8.37. The molecule has 2 atom stereocenters. The summed E-state index contributed by atoms with van der Waals surface area (Å²) < 4.78 is 0. The second-order valence-corrected chi connectivity index (χ2v) is 7.31. The summed E-state index contributed by atoms with van der Waals surface area (Å²) in [4.78, 5) is 2.68. The van der Waals surface area contributed by atoms with Crippen LogP contribution in [0.2, 0.25) is 0 Å². The molecule has 1 aromatic carbocycles. The molecule has 2 heteroatoms. The molecule has 0 radical (unpaired) electrons. The van der Waals surface area contributed by atoms with Crippen molar-refractivity contribution in [1.82, 2.24) is 4.90 Å². The van der Waals surface area contributed by atoms with Crippen molar-refractivity contribution in [3.8, 4) is 0 Å². The number of likely N-dealkylation sites (tertiary alicyclic amines) is 1. The molecule has 3 rings (SSSR count). The zero-order chi connectivity index (χ0) is 14.7. The van der Waals surface area contributed by atoms with Gasteiger partial charge in [-0.1, -0.05) is 50.1 Å². The molecule has 1 aromatic rings. The van der Waals surface area contributed by atoms with Gasteiger partial charge in [0.15, 0.2) is 0 Å². The van der Waals surface area contributed by atoms with Crippen molar-refractivity contribution in [3.05, 3.63) is 35.9 Å². The minimum absolute atomic E-state index is 0.136. The lowest BCUT2D eigenvalue weighted by atomic mass is 9.82. The Hall–Kier alpha value is -0.860. The second kappa shape index (κ2) is 6.50. The van der Waals surface area contributed by atoms with E-state index in [-0.39, 0.29) is 12.0 Å². The normalized spacial score (nSPS) is 27.0. The maximum Gasteiger partial charge on any atom is 0.0537 e. The molecule has 1 saturated carbocycles. The zero-order valence-electron chi connectivity index (χ0n) is 13.3. The Morgan fingerprint density at radius 3 is 2.48 bits per heavy atom. The Morgan fingerprint density at radius 2 is 1.81 bits per heavy atom. The van der Waals surface area contributed by atoms with Gasteiger partial charge in [-0.05, 0) is 43.7 Å². The van der Waals surface area contributed by atoms with E-state index in [1.54, 1.807) is 0 Å². The van der Waals surface area contributed by atoms with Crippen LogP contribution in [0.15, 0.2) is 30.3 Å². The van der Waals surface area contributed by atoms with Crippen molar-refractivity contribution >= 4 is 0 Å². The third-order valence-corrected chi connectivity index (χ3v) is 5.73. The van der Waals surface area contributed by atoms with Crippen molar-refractivity contribution < 1.29 is 5.11 Å². The van der Waals surface area contributed by atoms with Crippen LogP contribution in [-0.2, 0) is 5.41 Å². The molecule has 21 heavy (non-hydrogen) atoms. The molecule has 0 spiro atoms. The van der Waals surface area contributed by atoms with Gasteiger partial charge in [-0.3, -0.25) is 4.90 Å². The Kier molecular flexibility index (Phi) is 4.66. The molecule has 2 aliphatic rings. The van der Waals surface area contributed by atoms with E-state index < -0.39 is 0 Å². The molecule has 1 saturated heterocycles. The summed E-state index contributed by atoms with van der Waals surface area (Å²) in [5.41, 5.74) is 1.13. The number of aliphatic hydroxyl groups excluding tert-OH is 1. The first-order valence-corrected chi connectivity index (χ1v) is 8.63. The van der Waals surface area contributed by atoms with E-state index in [4.69, 9.17) is 0 Å². The molecule has 2 fully saturated rings. The molecule has 1 aliphatic carbocycles. The maximum absolute atomic E-state index is 10.0. The highest BCUT2D eigenvalue weighted by Gasteiger charge is 2.37. The van der Waals surface area contributed by atoms with Gasteiger partial charge in [0, 0.05) is 18.0 Å². The first-order chi connectivity index (χ1) is 10.2. The van der Waals surface area contributed by atoms with Crippen molar-refractivity contribution in [3.63, 3.8) is 0 Å². The van der Waals surface area contributed by atoms with Gasteiger partial charge in [-0.15, -0.1) is 0 Å². The topological polar surface area (TPSA) is 23.5 Å². The van der Waals surface area contributed by atoms with Crippen LogP contribution < -0.4 is 0 Å². The van der Waals surface area contributed by atoms with Gasteiger partial charge in [0.1, 0.15) is 0 Å². The third-order valence-electron chi connectivity index (χ3n) is 5.73. The lowest BCUT2D eigenvalue weighted by Crippen LogP contribution is -2.45. The zero-order valence-corrected chi connectivity index (χ0v) is 13.3. The Balaban J connectivity index is 1.73. The SMILES string of the molecule is CC(CO)(CN1CCCC1C1CCCC1)c1ccccc1. The number of hydrogen-bond acceptors (Lipinski definition) is 2. The van der Waals surface area contributed by atoms with Crippen LogP contribution in [0, 0.1) is 5.92 Å². The van der Waals surface area contributed by atoms with E-state index >= 15 is 0 Å². The van der Waals surface area contributed by atoms with Crippen LogP contribution >= 0.6 is 0 Å². The van der Waals surface area contributed by atoms with Gasteiger partial charge in [0.2, 0.25) is 0 Å². The summed E-state index contributed by atoms with van der Waals surface area (Å²) in [6.45, 7) is 4.65. The highest BCUT2D eigenvalue weighted by atomic mass is 16.3. The van der Waals surface area contributed by atoms with Gasteiger partial charge in [-0.25, -0.2) is 0 Å². The Bertz CT molecular complexity index is 440. The van der Waals surface area contributed by atoms with Gasteiger partial charge >= 0.3 is 0 Å². The summed E-state index contributed by atoms with van der Waals surface area (Å²) in [5, 5.41) is 10.0. The van der Waals surface area contributed by atoms with Crippen molar-refractivity contribution in [2.75, 3.05) is 19.7 Å². The van der Waals surface area contributed by atoms with Crippen molar-refractivity contribution in [2.45, 2.75) is 56.9 Å². The Labute approximate surface area is 129 Å². The van der Waals surface area contributed by atoms with Gasteiger partial charge in [-0.2, -0.15) is 0 Å². The summed E-state index contributed by atoms with van der Waals surface area (Å²) in [6, 6.07) is 11.3. The summed E-state index contributed by atoms with van der Waals surface area (Å²) >= 11 is 0. The first kappa shape index (κ1) is 15.1. The van der Waals surface area contributed by atoms with E-state index in [0.717, 1.165) is 18.5 Å². The number of nitrogens with zero attached hydrogens (tertiary/aromatic N) is 1. The number of hydrogen-bond donors (Lipinski definition) is 1. The van der Waals surface area contributed by atoms with Gasteiger partial charge < -0.3 is 5.11 Å². The fraction of sp³-hybridized carbons (Fsp3) is 0.684. The average molecular weight is 287 g/mol. The van der Waals surface area contributed by atoms with Gasteiger partial charge in [0.05, 0.1) is 6.61 Å². The minimum atomic E-state index is -0.136. The molecule has 1 aliphatic heterocycles. The van der Waals surface area contributed by atoms with Gasteiger partial charge in [0.25, 0.3) is 0 Å². The predicted molar refractivity (Wildman–Crippen MR) is 87.4 cm³/mol. The average Bonchev–Trinajstić information content (AvgIpc) is 3.18. The molecule has 2 nitrogen and oxygen atoms in total. The predicted octanol–water partition coefficient (Wildman–Crippen LogP) is 3.59. The third kappa shape index (κ3) is 3.17. The van der Waals surface area contributed by atoms with E-state index in [2.05, 4.69) is 42.2 Å². The number of benzene rings is 1. The fourth-order valence-corrected chi connectivity index (χ4v) is 4.45. The lowest BCUT2D eigenvalue weighted by Gasteiger charge is -2.37. The highest BCUT2D eigenvalue weighted by Crippen LogP contribution is 2.37. The van der Waals surface area contributed by atoms with E-state index in [0.29, 0.717) is 0 Å². The molecule has 1 N–H and O–H groups in total. The molecular weight excluding hydrogens is 258 g/mol. The minimum Gasteiger partial charge on any atom is -0.395 e. The molecule has 0 aromatic heterocycles. The summed E-state index contributed by atoms with van der Waals surface area (Å²) in [5.74, 6) is 0.909. The van der Waals surface area contributed by atoms with Crippen LogP contribution in [0.5, 0.6) is 0 Å². The van der Waals surface area contributed by atoms with E-state index in [1.807, 2.05) is 0 Å². The largest absolute Gasteiger partial charge is 0.395 e. The summed E-state index contributed by atoms with van der Waals surface area (Å²) in [7, 11) is 0. The van der Waals surface area contributed by atoms with Crippen LogP contribution in [0.1, 0.15) is 51.0 Å². The molecular formula is C19H29NO. The van der Waals surface area contributed by atoms with Crippen LogP contribution in [-0.4, -0.2) is 35.7 Å². The van der Waals surface area contributed by atoms with Crippen molar-refractivity contribution in [1.29, 1.82) is 0 Å².